The monoisotopic (exact) mass is 344 g/mol. The van der Waals surface area contributed by atoms with Crippen molar-refractivity contribution >= 4 is 18.0 Å². The molecule has 0 amide bonds. The second-order valence-corrected chi connectivity index (χ2v) is 6.13. The maximum Gasteiger partial charge on any atom is 0.333 e. The van der Waals surface area contributed by atoms with Gasteiger partial charge in [-0.05, 0) is 56.4 Å². The maximum atomic E-state index is 11.9. The number of hydrogen-bond acceptors (Lipinski definition) is 5. The van der Waals surface area contributed by atoms with Gasteiger partial charge in [-0.2, -0.15) is 0 Å². The fourth-order valence-electron chi connectivity index (χ4n) is 2.60. The Morgan fingerprint density at radius 3 is 2.12 bits per heavy atom. The minimum Gasteiger partial charge on any atom is -0.497 e. The first kappa shape index (κ1) is 18.8. The first-order chi connectivity index (χ1) is 12.0. The van der Waals surface area contributed by atoms with Gasteiger partial charge in [-0.1, -0.05) is 18.7 Å². The van der Waals surface area contributed by atoms with Crippen molar-refractivity contribution in [3.8, 4) is 5.75 Å². The average Bonchev–Trinajstić information content (AvgIpc) is 2.62. The van der Waals surface area contributed by atoms with Crippen LogP contribution in [0.25, 0.3) is 6.08 Å². The van der Waals surface area contributed by atoms with Crippen molar-refractivity contribution in [1.82, 2.24) is 0 Å². The minimum atomic E-state index is -0.363. The third kappa shape index (κ3) is 6.10. The molecule has 134 valence electrons. The van der Waals surface area contributed by atoms with E-state index >= 15 is 0 Å². The molecule has 1 saturated carbocycles. The molecule has 0 aromatic heterocycles. The van der Waals surface area contributed by atoms with E-state index in [0.29, 0.717) is 31.3 Å². The third-order valence-corrected chi connectivity index (χ3v) is 4.05. The quantitative estimate of drug-likeness (QED) is 0.582. The molecular formula is C20H24O5. The number of rotatable bonds is 6. The molecule has 1 aromatic carbocycles. The fourth-order valence-corrected chi connectivity index (χ4v) is 2.60. The molecule has 0 N–H and O–H groups in total. The summed E-state index contributed by atoms with van der Waals surface area (Å²) >= 11 is 0. The Balaban J connectivity index is 1.75. The van der Waals surface area contributed by atoms with Gasteiger partial charge in [0.05, 0.1) is 7.11 Å². The zero-order valence-corrected chi connectivity index (χ0v) is 14.7. The van der Waals surface area contributed by atoms with Crippen LogP contribution in [0.15, 0.2) is 42.5 Å². The summed E-state index contributed by atoms with van der Waals surface area (Å²) in [5.41, 5.74) is 1.30. The average molecular weight is 344 g/mol. The Bertz CT molecular complexity index is 637. The lowest BCUT2D eigenvalue weighted by molar-refractivity contribution is -0.152. The highest BCUT2D eigenvalue weighted by Gasteiger charge is 2.25. The molecule has 0 heterocycles. The molecule has 5 nitrogen and oxygen atoms in total. The lowest BCUT2D eigenvalue weighted by atomic mass is 9.95. The molecule has 0 unspecified atom stereocenters. The number of esters is 2. The summed E-state index contributed by atoms with van der Waals surface area (Å²) in [6, 6.07) is 7.39. The minimum absolute atomic E-state index is 0.117. The van der Waals surface area contributed by atoms with Crippen LogP contribution in [0.3, 0.4) is 0 Å². The molecule has 0 bridgehead atoms. The molecular weight excluding hydrogens is 320 g/mol. The van der Waals surface area contributed by atoms with Crippen LogP contribution in [0.2, 0.25) is 0 Å². The van der Waals surface area contributed by atoms with Crippen molar-refractivity contribution in [2.45, 2.75) is 44.8 Å². The molecule has 0 spiro atoms. The van der Waals surface area contributed by atoms with E-state index in [0.717, 1.165) is 11.3 Å². The van der Waals surface area contributed by atoms with Gasteiger partial charge in [-0.25, -0.2) is 9.59 Å². The molecule has 1 fully saturated rings. The van der Waals surface area contributed by atoms with Gasteiger partial charge in [0.25, 0.3) is 0 Å². The Morgan fingerprint density at radius 2 is 1.60 bits per heavy atom. The standard InChI is InChI=1S/C20H24O5/c1-14(2)20(22)25-18-11-9-17(10-12-18)24-19(21)13-6-15-4-7-16(23-3)8-5-15/h4-8,13,17-18H,1,9-12H2,2-3H3/b13-6+. The zero-order valence-electron chi connectivity index (χ0n) is 14.7. The van der Waals surface area contributed by atoms with E-state index in [4.69, 9.17) is 14.2 Å². The van der Waals surface area contributed by atoms with Crippen LogP contribution in [0.1, 0.15) is 38.2 Å². The molecule has 0 atom stereocenters. The van der Waals surface area contributed by atoms with E-state index in [1.165, 1.54) is 6.08 Å². The van der Waals surface area contributed by atoms with Crippen LogP contribution < -0.4 is 4.74 Å². The summed E-state index contributed by atoms with van der Waals surface area (Å²) in [6.45, 7) is 5.20. The zero-order chi connectivity index (χ0) is 18.2. The number of carbonyl (C=O) groups is 2. The summed E-state index contributed by atoms with van der Waals surface area (Å²) in [5, 5.41) is 0. The number of methoxy groups -OCH3 is 1. The van der Waals surface area contributed by atoms with E-state index < -0.39 is 0 Å². The van der Waals surface area contributed by atoms with Crippen LogP contribution in [0.4, 0.5) is 0 Å². The molecule has 25 heavy (non-hydrogen) atoms. The molecule has 0 aliphatic heterocycles. The molecule has 2 rings (SSSR count). The van der Waals surface area contributed by atoms with Crippen molar-refractivity contribution in [3.63, 3.8) is 0 Å². The Labute approximate surface area is 148 Å². The molecule has 1 aliphatic carbocycles. The summed E-state index contributed by atoms with van der Waals surface area (Å²) in [6.07, 6.45) is 5.66. The fraction of sp³-hybridized carbons (Fsp3) is 0.400. The van der Waals surface area contributed by atoms with E-state index in [-0.39, 0.29) is 24.1 Å². The van der Waals surface area contributed by atoms with Gasteiger partial charge >= 0.3 is 11.9 Å². The van der Waals surface area contributed by atoms with Gasteiger partial charge < -0.3 is 14.2 Å². The summed E-state index contributed by atoms with van der Waals surface area (Å²) in [5.74, 6) is 0.0462. The Kier molecular flexibility index (Phi) is 6.81. The highest BCUT2D eigenvalue weighted by molar-refractivity contribution is 5.87. The maximum absolute atomic E-state index is 11.9. The van der Waals surface area contributed by atoms with Gasteiger partial charge in [0, 0.05) is 11.6 Å². The molecule has 5 heteroatoms. The van der Waals surface area contributed by atoms with Crippen molar-refractivity contribution < 1.29 is 23.8 Å². The molecule has 1 aromatic rings. The lowest BCUT2D eigenvalue weighted by Crippen LogP contribution is -2.29. The number of benzene rings is 1. The van der Waals surface area contributed by atoms with Crippen LogP contribution in [0.5, 0.6) is 5.75 Å². The van der Waals surface area contributed by atoms with E-state index in [1.807, 2.05) is 24.3 Å². The highest BCUT2D eigenvalue weighted by Crippen LogP contribution is 2.24. The first-order valence-electron chi connectivity index (χ1n) is 8.37. The van der Waals surface area contributed by atoms with Gasteiger partial charge in [-0.15, -0.1) is 0 Å². The predicted octanol–water partition coefficient (Wildman–Crippen LogP) is 3.68. The summed E-state index contributed by atoms with van der Waals surface area (Å²) < 4.78 is 15.9. The van der Waals surface area contributed by atoms with E-state index in [1.54, 1.807) is 20.1 Å². The predicted molar refractivity (Wildman–Crippen MR) is 95.1 cm³/mol. The van der Waals surface area contributed by atoms with Crippen molar-refractivity contribution in [3.05, 3.63) is 48.1 Å². The SMILES string of the molecule is C=C(C)C(=O)OC1CCC(OC(=O)/C=C/c2ccc(OC)cc2)CC1. The normalized spacial score (nSPS) is 20.1. The lowest BCUT2D eigenvalue weighted by Gasteiger charge is -2.27. The Hall–Kier alpha value is -2.56. The summed E-state index contributed by atoms with van der Waals surface area (Å²) in [7, 11) is 1.61. The van der Waals surface area contributed by atoms with Crippen LogP contribution >= 0.6 is 0 Å². The van der Waals surface area contributed by atoms with E-state index in [2.05, 4.69) is 6.58 Å². The number of carbonyl (C=O) groups excluding carboxylic acids is 2. The highest BCUT2D eigenvalue weighted by atomic mass is 16.6. The van der Waals surface area contributed by atoms with Crippen LogP contribution in [-0.2, 0) is 19.1 Å². The second-order valence-electron chi connectivity index (χ2n) is 6.13. The van der Waals surface area contributed by atoms with Gasteiger partial charge in [0.15, 0.2) is 0 Å². The second kappa shape index (κ2) is 9.06. The van der Waals surface area contributed by atoms with Gasteiger partial charge in [0.1, 0.15) is 18.0 Å². The smallest absolute Gasteiger partial charge is 0.333 e. The van der Waals surface area contributed by atoms with Crippen molar-refractivity contribution in [2.75, 3.05) is 7.11 Å². The van der Waals surface area contributed by atoms with Crippen molar-refractivity contribution in [1.29, 1.82) is 0 Å². The molecule has 0 saturated heterocycles. The van der Waals surface area contributed by atoms with Crippen LogP contribution in [-0.4, -0.2) is 31.3 Å². The number of ether oxygens (including phenoxy) is 3. The summed E-state index contributed by atoms with van der Waals surface area (Å²) in [4.78, 5) is 23.4. The van der Waals surface area contributed by atoms with Crippen molar-refractivity contribution in [2.24, 2.45) is 0 Å². The third-order valence-electron chi connectivity index (χ3n) is 4.05. The number of hydrogen-bond donors (Lipinski definition) is 0. The van der Waals surface area contributed by atoms with E-state index in [9.17, 15) is 9.59 Å². The Morgan fingerprint density at radius 1 is 1.04 bits per heavy atom. The van der Waals surface area contributed by atoms with Gasteiger partial charge in [0.2, 0.25) is 0 Å². The first-order valence-corrected chi connectivity index (χ1v) is 8.37. The topological polar surface area (TPSA) is 61.8 Å². The largest absolute Gasteiger partial charge is 0.497 e. The molecule has 1 aliphatic rings. The van der Waals surface area contributed by atoms with Gasteiger partial charge in [-0.3, -0.25) is 0 Å². The van der Waals surface area contributed by atoms with Crippen LogP contribution in [0, 0.1) is 0 Å². The molecule has 0 radical (unpaired) electrons.